The molecule has 2 N–H and O–H groups in total. The van der Waals surface area contributed by atoms with E-state index in [1.54, 1.807) is 7.11 Å². The SMILES string of the molecule is COCCNCC(=O)NCCc1cccc2ccccc12.Cl. The van der Waals surface area contributed by atoms with Crippen LogP contribution in [0.5, 0.6) is 0 Å². The van der Waals surface area contributed by atoms with Crippen molar-refractivity contribution in [2.24, 2.45) is 0 Å². The van der Waals surface area contributed by atoms with Gasteiger partial charge < -0.3 is 15.4 Å². The van der Waals surface area contributed by atoms with Gasteiger partial charge in [0.05, 0.1) is 13.2 Å². The summed E-state index contributed by atoms with van der Waals surface area (Å²) in [7, 11) is 1.64. The second-order valence-corrected chi connectivity index (χ2v) is 4.91. The quantitative estimate of drug-likeness (QED) is 0.732. The third-order valence-corrected chi connectivity index (χ3v) is 3.36. The minimum atomic E-state index is 0. The molecule has 2 rings (SSSR count). The first-order valence-electron chi connectivity index (χ1n) is 7.24. The van der Waals surface area contributed by atoms with Crippen LogP contribution in [0, 0.1) is 0 Å². The van der Waals surface area contributed by atoms with Crippen LogP contribution in [0.3, 0.4) is 0 Å². The van der Waals surface area contributed by atoms with E-state index < -0.39 is 0 Å². The molecule has 5 heteroatoms. The molecule has 4 nitrogen and oxygen atoms in total. The third kappa shape index (κ3) is 5.64. The van der Waals surface area contributed by atoms with Crippen LogP contribution < -0.4 is 10.6 Å². The number of fused-ring (bicyclic) bond motifs is 1. The molecule has 0 atom stereocenters. The Morgan fingerprint density at radius 1 is 1.09 bits per heavy atom. The van der Waals surface area contributed by atoms with Crippen molar-refractivity contribution >= 4 is 29.1 Å². The molecular formula is C17H23ClN2O2. The molecular weight excluding hydrogens is 300 g/mol. The van der Waals surface area contributed by atoms with E-state index in [-0.39, 0.29) is 18.3 Å². The summed E-state index contributed by atoms with van der Waals surface area (Å²) >= 11 is 0. The lowest BCUT2D eigenvalue weighted by molar-refractivity contribution is -0.120. The normalized spacial score (nSPS) is 10.2. The van der Waals surface area contributed by atoms with Gasteiger partial charge in [-0.05, 0) is 22.8 Å². The van der Waals surface area contributed by atoms with Crippen molar-refractivity contribution in [1.82, 2.24) is 10.6 Å². The Labute approximate surface area is 137 Å². The Bertz CT molecular complexity index is 584. The number of rotatable bonds is 8. The first-order valence-corrected chi connectivity index (χ1v) is 7.24. The first kappa shape index (κ1) is 18.4. The van der Waals surface area contributed by atoms with E-state index in [2.05, 4.69) is 41.0 Å². The number of hydrogen-bond donors (Lipinski definition) is 2. The van der Waals surface area contributed by atoms with Crippen molar-refractivity contribution in [3.63, 3.8) is 0 Å². The minimum Gasteiger partial charge on any atom is -0.383 e. The summed E-state index contributed by atoms with van der Waals surface area (Å²) in [4.78, 5) is 11.6. The summed E-state index contributed by atoms with van der Waals surface area (Å²) in [6, 6.07) is 14.6. The Kier molecular flexibility index (Phi) is 8.51. The predicted molar refractivity (Wildman–Crippen MR) is 92.7 cm³/mol. The van der Waals surface area contributed by atoms with E-state index in [1.807, 2.05) is 12.1 Å². The number of halogens is 1. The van der Waals surface area contributed by atoms with Gasteiger partial charge in [0.25, 0.3) is 0 Å². The predicted octanol–water partition coefficient (Wildman–Crippen LogP) is 2.16. The van der Waals surface area contributed by atoms with Gasteiger partial charge in [0, 0.05) is 20.2 Å². The molecule has 0 saturated carbocycles. The van der Waals surface area contributed by atoms with Crippen molar-refractivity contribution in [3.8, 4) is 0 Å². The van der Waals surface area contributed by atoms with Gasteiger partial charge in [-0.2, -0.15) is 0 Å². The maximum absolute atomic E-state index is 11.6. The Morgan fingerprint density at radius 3 is 2.68 bits per heavy atom. The molecule has 0 bridgehead atoms. The zero-order chi connectivity index (χ0) is 14.9. The van der Waals surface area contributed by atoms with E-state index in [0.29, 0.717) is 26.2 Å². The van der Waals surface area contributed by atoms with E-state index in [9.17, 15) is 4.79 Å². The van der Waals surface area contributed by atoms with E-state index in [4.69, 9.17) is 4.74 Å². The number of benzene rings is 2. The molecule has 0 aliphatic carbocycles. The molecule has 0 heterocycles. The Morgan fingerprint density at radius 2 is 1.86 bits per heavy atom. The first-order chi connectivity index (χ1) is 10.3. The lowest BCUT2D eigenvalue weighted by Gasteiger charge is -2.08. The number of ether oxygens (including phenoxy) is 1. The zero-order valence-corrected chi connectivity index (χ0v) is 13.6. The summed E-state index contributed by atoms with van der Waals surface area (Å²) in [5.41, 5.74) is 1.26. The molecule has 0 radical (unpaired) electrons. The van der Waals surface area contributed by atoms with E-state index >= 15 is 0 Å². The molecule has 0 unspecified atom stereocenters. The van der Waals surface area contributed by atoms with Gasteiger partial charge in [-0.15, -0.1) is 12.4 Å². The van der Waals surface area contributed by atoms with Crippen LogP contribution in [0.2, 0.25) is 0 Å². The largest absolute Gasteiger partial charge is 0.383 e. The smallest absolute Gasteiger partial charge is 0.233 e. The number of methoxy groups -OCH3 is 1. The Balaban J connectivity index is 0.00000242. The maximum atomic E-state index is 11.6. The summed E-state index contributed by atoms with van der Waals surface area (Å²) in [6.45, 7) is 2.29. The van der Waals surface area contributed by atoms with Crippen LogP contribution >= 0.6 is 12.4 Å². The standard InChI is InChI=1S/C17H22N2O2.ClH/c1-21-12-11-18-13-17(20)19-10-9-15-7-4-6-14-5-2-3-8-16(14)15;/h2-8,18H,9-13H2,1H3,(H,19,20);1H. The average molecular weight is 323 g/mol. The van der Waals surface area contributed by atoms with Crippen molar-refractivity contribution in [3.05, 3.63) is 48.0 Å². The molecule has 1 amide bonds. The van der Waals surface area contributed by atoms with Gasteiger partial charge in [-0.25, -0.2) is 0 Å². The highest BCUT2D eigenvalue weighted by Gasteiger charge is 2.02. The second kappa shape index (κ2) is 10.2. The van der Waals surface area contributed by atoms with Gasteiger partial charge in [0.2, 0.25) is 5.91 Å². The van der Waals surface area contributed by atoms with E-state index in [1.165, 1.54) is 16.3 Å². The highest BCUT2D eigenvalue weighted by atomic mass is 35.5. The molecule has 0 saturated heterocycles. The van der Waals surface area contributed by atoms with Gasteiger partial charge >= 0.3 is 0 Å². The van der Waals surface area contributed by atoms with E-state index in [0.717, 1.165) is 6.42 Å². The maximum Gasteiger partial charge on any atom is 0.233 e. The molecule has 2 aromatic carbocycles. The summed E-state index contributed by atoms with van der Waals surface area (Å²) in [5, 5.41) is 8.45. The fraction of sp³-hybridized carbons (Fsp3) is 0.353. The van der Waals surface area contributed by atoms with Crippen LogP contribution in [0.25, 0.3) is 10.8 Å². The number of hydrogen-bond acceptors (Lipinski definition) is 3. The number of carbonyl (C=O) groups is 1. The highest BCUT2D eigenvalue weighted by Crippen LogP contribution is 2.18. The number of carbonyl (C=O) groups excluding carboxylic acids is 1. The van der Waals surface area contributed by atoms with Crippen molar-refractivity contribution in [2.75, 3.05) is 33.4 Å². The third-order valence-electron chi connectivity index (χ3n) is 3.36. The van der Waals surface area contributed by atoms with Crippen LogP contribution in [0.4, 0.5) is 0 Å². The van der Waals surface area contributed by atoms with Gasteiger partial charge in [-0.1, -0.05) is 42.5 Å². The van der Waals surface area contributed by atoms with Crippen LogP contribution in [0.1, 0.15) is 5.56 Å². The average Bonchev–Trinajstić information content (AvgIpc) is 2.52. The van der Waals surface area contributed by atoms with Crippen molar-refractivity contribution in [1.29, 1.82) is 0 Å². The number of amides is 1. The van der Waals surface area contributed by atoms with Crippen LogP contribution in [0.15, 0.2) is 42.5 Å². The molecule has 120 valence electrons. The zero-order valence-electron chi connectivity index (χ0n) is 12.8. The minimum absolute atomic E-state index is 0. The lowest BCUT2D eigenvalue weighted by Crippen LogP contribution is -2.36. The van der Waals surface area contributed by atoms with Gasteiger partial charge in [0.1, 0.15) is 0 Å². The van der Waals surface area contributed by atoms with Gasteiger partial charge in [0.15, 0.2) is 0 Å². The summed E-state index contributed by atoms with van der Waals surface area (Å²) in [5.74, 6) is 0.0198. The fourth-order valence-corrected chi connectivity index (χ4v) is 2.29. The van der Waals surface area contributed by atoms with Crippen LogP contribution in [-0.2, 0) is 16.0 Å². The molecule has 0 fully saturated rings. The number of nitrogens with one attached hydrogen (secondary N) is 2. The highest BCUT2D eigenvalue weighted by molar-refractivity contribution is 5.86. The lowest BCUT2D eigenvalue weighted by atomic mass is 10.0. The monoisotopic (exact) mass is 322 g/mol. The molecule has 0 spiro atoms. The Hall–Kier alpha value is -1.62. The van der Waals surface area contributed by atoms with Gasteiger partial charge in [-0.3, -0.25) is 4.79 Å². The molecule has 0 aliphatic heterocycles. The molecule has 0 aromatic heterocycles. The summed E-state index contributed by atoms with van der Waals surface area (Å²) in [6.07, 6.45) is 0.838. The molecule has 0 aliphatic rings. The molecule has 2 aromatic rings. The second-order valence-electron chi connectivity index (χ2n) is 4.91. The van der Waals surface area contributed by atoms with Crippen LogP contribution in [-0.4, -0.2) is 39.3 Å². The summed E-state index contributed by atoms with van der Waals surface area (Å²) < 4.78 is 4.91. The molecule has 22 heavy (non-hydrogen) atoms. The van der Waals surface area contributed by atoms with Crippen molar-refractivity contribution in [2.45, 2.75) is 6.42 Å². The topological polar surface area (TPSA) is 50.4 Å². The van der Waals surface area contributed by atoms with Crippen molar-refractivity contribution < 1.29 is 9.53 Å². The fourth-order valence-electron chi connectivity index (χ4n) is 2.29.